The van der Waals surface area contributed by atoms with Crippen LogP contribution in [-0.2, 0) is 18.9 Å². The van der Waals surface area contributed by atoms with Crippen LogP contribution < -0.4 is 9.47 Å². The van der Waals surface area contributed by atoms with Crippen LogP contribution in [-0.4, -0.2) is 44.9 Å². The molecule has 170 valence electrons. The molecule has 4 atom stereocenters. The molecule has 5 rings (SSSR count). The van der Waals surface area contributed by atoms with Gasteiger partial charge in [0.15, 0.2) is 22.7 Å². The van der Waals surface area contributed by atoms with Crippen LogP contribution in [0.25, 0.3) is 0 Å². The van der Waals surface area contributed by atoms with Crippen LogP contribution in [0.2, 0.25) is 0 Å². The molecule has 4 fully saturated rings. The second-order valence-electron chi connectivity index (χ2n) is 8.64. The summed E-state index contributed by atoms with van der Waals surface area (Å²) in [6.45, 7) is 0.813. The first-order valence-corrected chi connectivity index (χ1v) is 10.6. The van der Waals surface area contributed by atoms with Crippen molar-refractivity contribution < 1.29 is 28.4 Å². The third-order valence-electron chi connectivity index (χ3n) is 7.45. The number of benzene rings is 1. The highest BCUT2D eigenvalue weighted by Crippen LogP contribution is 2.71. The van der Waals surface area contributed by atoms with Gasteiger partial charge in [0.25, 0.3) is 0 Å². The molecule has 0 radical (unpaired) electrons. The molecule has 1 aromatic carbocycles. The molecule has 33 heavy (non-hydrogen) atoms. The van der Waals surface area contributed by atoms with E-state index >= 15 is 0 Å². The van der Waals surface area contributed by atoms with Crippen molar-refractivity contribution in [3.8, 4) is 29.7 Å². The Labute approximate surface area is 190 Å². The fourth-order valence-corrected chi connectivity index (χ4v) is 5.95. The summed E-state index contributed by atoms with van der Waals surface area (Å²) in [5, 5.41) is 40.1. The highest BCUT2D eigenvalue weighted by Gasteiger charge is 2.82. The second-order valence-corrected chi connectivity index (χ2v) is 8.64. The number of rotatable bonds is 3. The van der Waals surface area contributed by atoms with Gasteiger partial charge in [-0.1, -0.05) is 12.1 Å². The molecule has 2 bridgehead atoms. The van der Waals surface area contributed by atoms with E-state index in [2.05, 4.69) is 18.2 Å². The average molecular weight is 450 g/mol. The Balaban J connectivity index is 1.74. The molecule has 0 amide bonds. The minimum atomic E-state index is -2.11. The molecule has 1 spiro atoms. The lowest BCUT2D eigenvalue weighted by Gasteiger charge is -2.54. The third-order valence-corrected chi connectivity index (χ3v) is 7.45. The van der Waals surface area contributed by atoms with Crippen molar-refractivity contribution >= 4 is 5.90 Å². The monoisotopic (exact) mass is 450 g/mol. The van der Waals surface area contributed by atoms with E-state index in [1.165, 1.54) is 14.2 Å². The summed E-state index contributed by atoms with van der Waals surface area (Å²) in [7, 11) is 2.92. The van der Waals surface area contributed by atoms with Gasteiger partial charge in [0.05, 0.1) is 51.6 Å². The van der Waals surface area contributed by atoms with E-state index in [0.29, 0.717) is 30.9 Å². The molecule has 1 saturated carbocycles. The van der Waals surface area contributed by atoms with Crippen molar-refractivity contribution in [3.63, 3.8) is 0 Å². The predicted octanol–water partition coefficient (Wildman–Crippen LogP) is 2.57. The van der Waals surface area contributed by atoms with Crippen molar-refractivity contribution in [2.75, 3.05) is 27.4 Å². The number of para-hydroxylation sites is 1. The number of nitrogens with zero attached hydrogens (tertiary/aromatic N) is 3. The Morgan fingerprint density at radius 2 is 1.76 bits per heavy atom. The van der Waals surface area contributed by atoms with Gasteiger partial charge in [-0.25, -0.2) is 0 Å². The SMILES string of the molecule is COc1cccc(C2OC34CCC5(CC3C(C#N)(C(=N)O4)C2(C#N)C#N)OCCO5)c1OC. The Morgan fingerprint density at radius 1 is 1.03 bits per heavy atom. The maximum atomic E-state index is 10.5. The summed E-state index contributed by atoms with van der Waals surface area (Å²) in [5.74, 6) is -2.94. The van der Waals surface area contributed by atoms with Crippen LogP contribution in [0.5, 0.6) is 11.5 Å². The Kier molecular flexibility index (Phi) is 4.60. The van der Waals surface area contributed by atoms with Crippen LogP contribution in [0.1, 0.15) is 30.9 Å². The quantitative estimate of drug-likeness (QED) is 0.732. The van der Waals surface area contributed by atoms with Gasteiger partial charge in [-0.05, 0) is 6.07 Å². The lowest BCUT2D eigenvalue weighted by molar-refractivity contribution is -0.330. The number of ether oxygens (including phenoxy) is 6. The molecule has 10 nitrogen and oxygen atoms in total. The first-order valence-electron chi connectivity index (χ1n) is 10.6. The highest BCUT2D eigenvalue weighted by molar-refractivity contribution is 5.89. The van der Waals surface area contributed by atoms with E-state index in [4.69, 9.17) is 33.8 Å². The zero-order valence-corrected chi connectivity index (χ0v) is 18.2. The van der Waals surface area contributed by atoms with Gasteiger partial charge in [0.1, 0.15) is 6.10 Å². The number of methoxy groups -OCH3 is 2. The van der Waals surface area contributed by atoms with Crippen LogP contribution in [0, 0.1) is 56.2 Å². The van der Waals surface area contributed by atoms with Crippen LogP contribution in [0.4, 0.5) is 0 Å². The van der Waals surface area contributed by atoms with Crippen molar-refractivity contribution in [1.29, 1.82) is 21.2 Å². The number of hydrogen-bond donors (Lipinski definition) is 1. The predicted molar refractivity (Wildman–Crippen MR) is 109 cm³/mol. The molecule has 4 unspecified atom stereocenters. The zero-order valence-electron chi connectivity index (χ0n) is 18.2. The molecule has 1 aromatic rings. The van der Waals surface area contributed by atoms with E-state index < -0.39 is 40.3 Å². The van der Waals surface area contributed by atoms with Gasteiger partial charge in [-0.15, -0.1) is 0 Å². The molecule has 10 heteroatoms. The lowest BCUT2D eigenvalue weighted by Crippen LogP contribution is -2.63. The van der Waals surface area contributed by atoms with Crippen LogP contribution >= 0.6 is 0 Å². The Bertz CT molecular complexity index is 1130. The van der Waals surface area contributed by atoms with Crippen LogP contribution in [0.15, 0.2) is 18.2 Å². The van der Waals surface area contributed by atoms with E-state index in [1.807, 2.05) is 0 Å². The minimum Gasteiger partial charge on any atom is -0.493 e. The fourth-order valence-electron chi connectivity index (χ4n) is 5.95. The van der Waals surface area contributed by atoms with Gasteiger partial charge in [-0.3, -0.25) is 5.41 Å². The van der Waals surface area contributed by atoms with Gasteiger partial charge in [-0.2, -0.15) is 15.8 Å². The van der Waals surface area contributed by atoms with E-state index in [9.17, 15) is 15.8 Å². The summed E-state index contributed by atoms with van der Waals surface area (Å²) < 4.78 is 35.2. The average Bonchev–Trinajstić information content (AvgIpc) is 3.37. The maximum Gasteiger partial charge on any atom is 0.218 e. The van der Waals surface area contributed by atoms with E-state index in [0.717, 1.165) is 0 Å². The highest BCUT2D eigenvalue weighted by atomic mass is 16.7. The largest absolute Gasteiger partial charge is 0.493 e. The summed E-state index contributed by atoms with van der Waals surface area (Å²) in [6.07, 6.45) is -0.391. The normalized spacial score (nSPS) is 34.9. The Hall–Kier alpha value is -3.36. The minimum absolute atomic E-state index is 0.163. The molecule has 1 aliphatic carbocycles. The first kappa shape index (κ1) is 21.5. The lowest BCUT2D eigenvalue weighted by atomic mass is 9.51. The smallest absolute Gasteiger partial charge is 0.218 e. The molecule has 3 aliphatic heterocycles. The Morgan fingerprint density at radius 3 is 2.36 bits per heavy atom. The standard InChI is InChI=1S/C23H22N4O6/c1-28-15-5-3-4-14(17(15)29-2)18-20(11-24,12-25)22(13-26)16-10-21(30-8-9-31-21)6-7-23(16,32-18)33-19(22)27/h3-5,16,18,27H,6-10H2,1-2H3. The number of hydrogen-bond acceptors (Lipinski definition) is 10. The second kappa shape index (κ2) is 7.07. The molecule has 4 aliphatic rings. The van der Waals surface area contributed by atoms with E-state index in [-0.39, 0.29) is 18.6 Å². The van der Waals surface area contributed by atoms with Crippen molar-refractivity contribution in [3.05, 3.63) is 23.8 Å². The molecule has 3 saturated heterocycles. The maximum absolute atomic E-state index is 10.5. The molecule has 3 heterocycles. The van der Waals surface area contributed by atoms with Gasteiger partial charge in [0, 0.05) is 24.8 Å². The van der Waals surface area contributed by atoms with Crippen molar-refractivity contribution in [2.24, 2.45) is 16.7 Å². The van der Waals surface area contributed by atoms with Gasteiger partial charge >= 0.3 is 0 Å². The summed E-state index contributed by atoms with van der Waals surface area (Å²) in [5.41, 5.74) is -3.65. The zero-order chi connectivity index (χ0) is 23.5. The summed E-state index contributed by atoms with van der Waals surface area (Å²) in [4.78, 5) is 0. The van der Waals surface area contributed by atoms with Crippen molar-refractivity contribution in [1.82, 2.24) is 0 Å². The molecule has 1 N–H and O–H groups in total. The molecule has 0 aromatic heterocycles. The number of nitrogens with one attached hydrogen (secondary N) is 1. The molecular formula is C23H22N4O6. The van der Waals surface area contributed by atoms with Gasteiger partial charge in [0.2, 0.25) is 17.1 Å². The topological polar surface area (TPSA) is 151 Å². The fraction of sp³-hybridized carbons (Fsp3) is 0.565. The summed E-state index contributed by atoms with van der Waals surface area (Å²) >= 11 is 0. The number of nitriles is 3. The van der Waals surface area contributed by atoms with Crippen molar-refractivity contribution in [2.45, 2.75) is 36.9 Å². The van der Waals surface area contributed by atoms with E-state index in [1.54, 1.807) is 18.2 Å². The summed E-state index contributed by atoms with van der Waals surface area (Å²) in [6, 6.07) is 11.3. The van der Waals surface area contributed by atoms with Crippen LogP contribution in [0.3, 0.4) is 0 Å². The van der Waals surface area contributed by atoms with Gasteiger partial charge < -0.3 is 28.4 Å². The first-order chi connectivity index (χ1) is 15.9. The molecular weight excluding hydrogens is 428 g/mol. The third kappa shape index (κ3) is 2.42.